The highest BCUT2D eigenvalue weighted by Crippen LogP contribution is 2.26. The van der Waals surface area contributed by atoms with Gasteiger partial charge >= 0.3 is 0 Å². The lowest BCUT2D eigenvalue weighted by atomic mass is 9.93. The summed E-state index contributed by atoms with van der Waals surface area (Å²) in [7, 11) is 0. The summed E-state index contributed by atoms with van der Waals surface area (Å²) in [6.45, 7) is 11.3. The van der Waals surface area contributed by atoms with Gasteiger partial charge in [-0.25, -0.2) is 4.98 Å². The van der Waals surface area contributed by atoms with Crippen molar-refractivity contribution in [2.75, 3.05) is 13.1 Å². The van der Waals surface area contributed by atoms with Crippen LogP contribution in [0.15, 0.2) is 5.38 Å². The summed E-state index contributed by atoms with van der Waals surface area (Å²) in [5.41, 5.74) is 1.32. The van der Waals surface area contributed by atoms with Crippen LogP contribution >= 0.6 is 11.3 Å². The molecule has 1 saturated heterocycles. The molecule has 0 amide bonds. The summed E-state index contributed by atoms with van der Waals surface area (Å²) < 4.78 is 0. The van der Waals surface area contributed by atoms with Crippen molar-refractivity contribution in [3.63, 3.8) is 0 Å². The number of piperidine rings is 1. The molecule has 19 heavy (non-hydrogen) atoms. The molecule has 1 fully saturated rings. The number of nitrogens with zero attached hydrogens (tertiary/aromatic N) is 2. The second kappa shape index (κ2) is 5.71. The quantitative estimate of drug-likeness (QED) is 0.852. The normalized spacial score (nSPS) is 18.7. The Labute approximate surface area is 120 Å². The lowest BCUT2D eigenvalue weighted by molar-refractivity contribution is -0.122. The van der Waals surface area contributed by atoms with Gasteiger partial charge in [-0.15, -0.1) is 11.3 Å². The molecule has 0 spiro atoms. The molecule has 0 aromatic carbocycles. The third-order valence-corrected chi connectivity index (χ3v) is 4.68. The maximum absolute atomic E-state index is 11.3. The summed E-state index contributed by atoms with van der Waals surface area (Å²) in [6, 6.07) is 0. The zero-order chi connectivity index (χ0) is 14.0. The molecule has 2 heterocycles. The Morgan fingerprint density at radius 2 is 2.05 bits per heavy atom. The van der Waals surface area contributed by atoms with Gasteiger partial charge in [-0.2, -0.15) is 0 Å². The minimum atomic E-state index is 0.135. The van der Waals surface area contributed by atoms with Gasteiger partial charge in [0.05, 0.1) is 12.2 Å². The lowest BCUT2D eigenvalue weighted by Crippen LogP contribution is -2.35. The highest BCUT2D eigenvalue weighted by molar-refractivity contribution is 7.09. The van der Waals surface area contributed by atoms with Gasteiger partial charge in [-0.1, -0.05) is 20.8 Å². The fourth-order valence-corrected chi connectivity index (χ4v) is 3.48. The summed E-state index contributed by atoms with van der Waals surface area (Å²) in [5.74, 6) is 0.640. The monoisotopic (exact) mass is 280 g/mol. The van der Waals surface area contributed by atoms with E-state index in [0.717, 1.165) is 32.5 Å². The molecule has 3 nitrogen and oxygen atoms in total. The maximum atomic E-state index is 11.3. The Bertz CT molecular complexity index is 439. The van der Waals surface area contributed by atoms with Crippen LogP contribution in [-0.2, 0) is 16.8 Å². The molecule has 106 valence electrons. The summed E-state index contributed by atoms with van der Waals surface area (Å²) in [4.78, 5) is 18.5. The number of ketones is 1. The molecule has 0 bridgehead atoms. The van der Waals surface area contributed by atoms with Gasteiger partial charge in [0.1, 0.15) is 10.8 Å². The molecule has 0 saturated carbocycles. The number of hydrogen-bond donors (Lipinski definition) is 0. The third-order valence-electron chi connectivity index (χ3n) is 3.84. The van der Waals surface area contributed by atoms with Crippen molar-refractivity contribution in [3.05, 3.63) is 16.1 Å². The number of aromatic nitrogens is 1. The fourth-order valence-electron chi connectivity index (χ4n) is 2.42. The van der Waals surface area contributed by atoms with Gasteiger partial charge in [0, 0.05) is 16.7 Å². The summed E-state index contributed by atoms with van der Waals surface area (Å²) in [5, 5.41) is 3.38. The standard InChI is InChI=1S/C15H24N2OS/c1-11(18)12-5-7-17(8-6-12)9-14-16-13(10-19-14)15(2,3)4/h10,12H,5-9H2,1-4H3. The van der Waals surface area contributed by atoms with Crippen LogP contribution < -0.4 is 0 Å². The minimum Gasteiger partial charge on any atom is -0.300 e. The van der Waals surface area contributed by atoms with Crippen LogP contribution in [0, 0.1) is 5.92 Å². The molecule has 0 radical (unpaired) electrons. The Kier molecular flexibility index (Phi) is 4.41. The molecule has 0 aliphatic carbocycles. The van der Waals surface area contributed by atoms with E-state index in [1.54, 1.807) is 18.3 Å². The molecule has 0 unspecified atom stereocenters. The van der Waals surface area contributed by atoms with Crippen molar-refractivity contribution in [3.8, 4) is 0 Å². The molecular formula is C15H24N2OS. The van der Waals surface area contributed by atoms with Crippen LogP contribution in [0.1, 0.15) is 51.2 Å². The van der Waals surface area contributed by atoms with Crippen LogP contribution in [0.5, 0.6) is 0 Å². The van der Waals surface area contributed by atoms with E-state index in [1.807, 2.05) is 0 Å². The van der Waals surface area contributed by atoms with E-state index in [1.165, 1.54) is 10.7 Å². The van der Waals surface area contributed by atoms with Crippen LogP contribution in [0.25, 0.3) is 0 Å². The van der Waals surface area contributed by atoms with Gasteiger partial charge in [0.2, 0.25) is 0 Å². The Hall–Kier alpha value is -0.740. The zero-order valence-corrected chi connectivity index (χ0v) is 13.2. The average molecular weight is 280 g/mol. The Balaban J connectivity index is 1.89. The predicted molar refractivity (Wildman–Crippen MR) is 79.5 cm³/mol. The molecule has 0 atom stereocenters. The molecule has 1 aromatic heterocycles. The van der Waals surface area contributed by atoms with Gasteiger partial charge in [0.25, 0.3) is 0 Å². The Morgan fingerprint density at radius 1 is 1.42 bits per heavy atom. The van der Waals surface area contributed by atoms with Crippen molar-refractivity contribution in [2.45, 2.75) is 52.5 Å². The molecule has 2 rings (SSSR count). The molecule has 1 aliphatic rings. The molecular weight excluding hydrogens is 256 g/mol. The summed E-state index contributed by atoms with van der Waals surface area (Å²) >= 11 is 1.76. The number of thiazole rings is 1. The van der Waals surface area contributed by atoms with Gasteiger partial charge in [0.15, 0.2) is 0 Å². The first-order chi connectivity index (χ1) is 8.86. The molecule has 1 aromatic rings. The van der Waals surface area contributed by atoms with Crippen LogP contribution in [0.4, 0.5) is 0 Å². The zero-order valence-electron chi connectivity index (χ0n) is 12.4. The molecule has 4 heteroatoms. The van der Waals surface area contributed by atoms with E-state index >= 15 is 0 Å². The predicted octanol–water partition coefficient (Wildman–Crippen LogP) is 3.24. The number of Topliss-reactive ketones (excluding diaryl/α,β-unsaturated/α-hetero) is 1. The van der Waals surface area contributed by atoms with Crippen molar-refractivity contribution in [1.29, 1.82) is 0 Å². The van der Waals surface area contributed by atoms with Gasteiger partial charge < -0.3 is 0 Å². The van der Waals surface area contributed by atoms with E-state index < -0.39 is 0 Å². The first-order valence-corrected chi connectivity index (χ1v) is 7.92. The first kappa shape index (κ1) is 14.7. The first-order valence-electron chi connectivity index (χ1n) is 7.04. The van der Waals surface area contributed by atoms with Crippen LogP contribution in [0.2, 0.25) is 0 Å². The largest absolute Gasteiger partial charge is 0.300 e. The summed E-state index contributed by atoms with van der Waals surface area (Å²) in [6.07, 6.45) is 2.01. The van der Waals surface area contributed by atoms with E-state index in [2.05, 4.69) is 31.1 Å². The fraction of sp³-hybridized carbons (Fsp3) is 0.733. The second-order valence-electron chi connectivity index (χ2n) is 6.54. The van der Waals surface area contributed by atoms with E-state index in [-0.39, 0.29) is 11.3 Å². The average Bonchev–Trinajstić information content (AvgIpc) is 2.78. The van der Waals surface area contributed by atoms with Crippen LogP contribution in [-0.4, -0.2) is 28.8 Å². The van der Waals surface area contributed by atoms with Gasteiger partial charge in [-0.3, -0.25) is 9.69 Å². The SMILES string of the molecule is CC(=O)C1CCN(Cc2nc(C(C)(C)C)cs2)CC1. The number of rotatable bonds is 3. The van der Waals surface area contributed by atoms with E-state index in [9.17, 15) is 4.79 Å². The number of carbonyl (C=O) groups is 1. The van der Waals surface area contributed by atoms with Crippen molar-refractivity contribution in [1.82, 2.24) is 9.88 Å². The highest BCUT2D eigenvalue weighted by atomic mass is 32.1. The van der Waals surface area contributed by atoms with Crippen molar-refractivity contribution in [2.24, 2.45) is 5.92 Å². The smallest absolute Gasteiger partial charge is 0.133 e. The number of likely N-dealkylation sites (tertiary alicyclic amines) is 1. The third kappa shape index (κ3) is 3.86. The van der Waals surface area contributed by atoms with Crippen LogP contribution in [0.3, 0.4) is 0 Å². The highest BCUT2D eigenvalue weighted by Gasteiger charge is 2.23. The lowest BCUT2D eigenvalue weighted by Gasteiger charge is -2.30. The van der Waals surface area contributed by atoms with Crippen molar-refractivity contribution < 1.29 is 4.79 Å². The van der Waals surface area contributed by atoms with E-state index in [4.69, 9.17) is 4.98 Å². The molecule has 1 aliphatic heterocycles. The maximum Gasteiger partial charge on any atom is 0.133 e. The topological polar surface area (TPSA) is 33.2 Å². The Morgan fingerprint density at radius 3 is 2.53 bits per heavy atom. The van der Waals surface area contributed by atoms with Gasteiger partial charge in [-0.05, 0) is 32.9 Å². The molecule has 0 N–H and O–H groups in total. The number of carbonyl (C=O) groups excluding carboxylic acids is 1. The van der Waals surface area contributed by atoms with Crippen molar-refractivity contribution >= 4 is 17.1 Å². The van der Waals surface area contributed by atoms with E-state index in [0.29, 0.717) is 5.78 Å². The second-order valence-corrected chi connectivity index (χ2v) is 7.48. The minimum absolute atomic E-state index is 0.135. The number of hydrogen-bond acceptors (Lipinski definition) is 4.